The summed E-state index contributed by atoms with van der Waals surface area (Å²) in [6.07, 6.45) is 0.873. The van der Waals surface area contributed by atoms with Gasteiger partial charge in [0, 0.05) is 30.1 Å². The Kier molecular flexibility index (Phi) is 5.59. The molecule has 5 aromatic rings. The zero-order valence-corrected chi connectivity index (χ0v) is 20.4. The molecule has 8 nitrogen and oxygen atoms in total. The van der Waals surface area contributed by atoms with Crippen LogP contribution in [-0.2, 0) is 11.3 Å². The molecule has 4 aromatic heterocycles. The predicted octanol–water partition coefficient (Wildman–Crippen LogP) is 4.36. The molecule has 0 radical (unpaired) electrons. The molecule has 0 N–H and O–H groups in total. The van der Waals surface area contributed by atoms with E-state index in [1.165, 1.54) is 9.13 Å². The zero-order valence-electron chi connectivity index (χ0n) is 20.4. The molecule has 1 aliphatic rings. The van der Waals surface area contributed by atoms with E-state index < -0.39 is 30.4 Å². The number of benzene rings is 1. The Morgan fingerprint density at radius 2 is 1.87 bits per heavy atom. The predicted molar refractivity (Wildman–Crippen MR) is 135 cm³/mol. The highest BCUT2D eigenvalue weighted by molar-refractivity contribution is 5.85. The number of pyridine rings is 2. The lowest BCUT2D eigenvalue weighted by atomic mass is 10.1. The molecule has 1 aromatic carbocycles. The van der Waals surface area contributed by atoms with Gasteiger partial charge >= 0.3 is 11.9 Å². The molecule has 0 aliphatic carbocycles. The highest BCUT2D eigenvalue weighted by Crippen LogP contribution is 2.33. The van der Waals surface area contributed by atoms with Crippen LogP contribution in [0.5, 0.6) is 0 Å². The van der Waals surface area contributed by atoms with E-state index in [0.29, 0.717) is 16.9 Å². The van der Waals surface area contributed by atoms with Crippen LogP contribution in [0.15, 0.2) is 71.9 Å². The molecule has 194 valence electrons. The van der Waals surface area contributed by atoms with Crippen LogP contribution in [-0.4, -0.2) is 53.3 Å². The van der Waals surface area contributed by atoms with Crippen LogP contribution in [0.2, 0.25) is 0 Å². The lowest BCUT2D eigenvalue weighted by Gasteiger charge is -2.26. The van der Waals surface area contributed by atoms with Crippen molar-refractivity contribution in [3.05, 3.63) is 83.2 Å². The van der Waals surface area contributed by atoms with Crippen LogP contribution >= 0.6 is 0 Å². The summed E-state index contributed by atoms with van der Waals surface area (Å²) in [4.78, 5) is 32.0. The first-order chi connectivity index (χ1) is 18.2. The van der Waals surface area contributed by atoms with E-state index in [9.17, 15) is 22.8 Å². The molecule has 1 amide bonds. The molecule has 5 heterocycles. The molecule has 1 fully saturated rings. The Labute approximate surface area is 214 Å². The topological polar surface area (TPSA) is 77.4 Å². The Balaban J connectivity index is 1.40. The van der Waals surface area contributed by atoms with Crippen LogP contribution in [0.1, 0.15) is 18.4 Å². The van der Waals surface area contributed by atoms with E-state index in [1.807, 2.05) is 43.5 Å². The Morgan fingerprint density at radius 3 is 2.63 bits per heavy atom. The van der Waals surface area contributed by atoms with Gasteiger partial charge in [0.15, 0.2) is 0 Å². The smallest absolute Gasteiger partial charge is 0.329 e. The van der Waals surface area contributed by atoms with Gasteiger partial charge in [0.25, 0.3) is 0 Å². The molecule has 0 spiro atoms. The maximum absolute atomic E-state index is 13.6. The highest BCUT2D eigenvalue weighted by Gasteiger charge is 2.47. The number of amides is 1. The molecule has 38 heavy (non-hydrogen) atoms. The molecule has 1 saturated heterocycles. The number of halogens is 3. The van der Waals surface area contributed by atoms with Gasteiger partial charge in [-0.05, 0) is 55.7 Å². The molecular formula is C27H23F3N6O2. The third-order valence-electron chi connectivity index (χ3n) is 7.11. The fourth-order valence-electron chi connectivity index (χ4n) is 5.30. The number of aryl methyl sites for hydroxylation is 1. The first-order valence-electron chi connectivity index (χ1n) is 12.2. The maximum atomic E-state index is 13.6. The Bertz CT molecular complexity index is 1730. The molecular weight excluding hydrogens is 497 g/mol. The number of nitrogens with zero attached hydrogens (tertiary/aromatic N) is 6. The average Bonchev–Trinajstić information content (AvgIpc) is 3.62. The summed E-state index contributed by atoms with van der Waals surface area (Å²) < 4.78 is 44.8. The number of likely N-dealkylation sites (tertiary alicyclic amines) is 1. The SMILES string of the molecule is Cc1cccc2c1n(-c1ccc(-c3cnn4ccccc34)cn1)c(=O)n2CC(=O)N1CCCC1C(F)(F)F. The fourth-order valence-corrected chi connectivity index (χ4v) is 5.30. The van der Waals surface area contributed by atoms with E-state index in [0.717, 1.165) is 27.1 Å². The van der Waals surface area contributed by atoms with Crippen molar-refractivity contribution in [3.63, 3.8) is 0 Å². The summed E-state index contributed by atoms with van der Waals surface area (Å²) >= 11 is 0. The van der Waals surface area contributed by atoms with Gasteiger partial charge in [-0.15, -0.1) is 0 Å². The van der Waals surface area contributed by atoms with Gasteiger partial charge in [-0.25, -0.2) is 18.9 Å². The number of fused-ring (bicyclic) bond motifs is 2. The van der Waals surface area contributed by atoms with Crippen molar-refractivity contribution in [1.82, 2.24) is 28.6 Å². The summed E-state index contributed by atoms with van der Waals surface area (Å²) in [6.45, 7) is 1.36. The van der Waals surface area contributed by atoms with E-state index in [-0.39, 0.29) is 19.4 Å². The van der Waals surface area contributed by atoms with Crippen molar-refractivity contribution in [3.8, 4) is 16.9 Å². The van der Waals surface area contributed by atoms with Crippen molar-refractivity contribution in [2.24, 2.45) is 0 Å². The van der Waals surface area contributed by atoms with Crippen LogP contribution in [0.25, 0.3) is 33.5 Å². The van der Waals surface area contributed by atoms with Crippen LogP contribution in [0.4, 0.5) is 13.2 Å². The van der Waals surface area contributed by atoms with Gasteiger partial charge in [-0.3, -0.25) is 9.36 Å². The van der Waals surface area contributed by atoms with Gasteiger partial charge in [0.1, 0.15) is 18.4 Å². The third-order valence-corrected chi connectivity index (χ3v) is 7.11. The van der Waals surface area contributed by atoms with Gasteiger partial charge in [-0.2, -0.15) is 18.3 Å². The zero-order chi connectivity index (χ0) is 26.6. The van der Waals surface area contributed by atoms with Crippen molar-refractivity contribution in [2.45, 2.75) is 38.5 Å². The van der Waals surface area contributed by atoms with E-state index in [4.69, 9.17) is 0 Å². The third kappa shape index (κ3) is 3.85. The van der Waals surface area contributed by atoms with Crippen molar-refractivity contribution in [1.29, 1.82) is 0 Å². The van der Waals surface area contributed by atoms with E-state index in [2.05, 4.69) is 10.1 Å². The number of rotatable bonds is 4. The molecule has 1 atom stereocenters. The number of aromatic nitrogens is 5. The van der Waals surface area contributed by atoms with Crippen molar-refractivity contribution in [2.75, 3.05) is 6.54 Å². The van der Waals surface area contributed by atoms with Crippen molar-refractivity contribution >= 4 is 22.5 Å². The van der Waals surface area contributed by atoms with Crippen LogP contribution in [0.3, 0.4) is 0 Å². The molecule has 6 rings (SSSR count). The van der Waals surface area contributed by atoms with Gasteiger partial charge in [0.05, 0.1) is 22.7 Å². The number of carbonyl (C=O) groups excluding carboxylic acids is 1. The van der Waals surface area contributed by atoms with E-state index in [1.54, 1.807) is 35.1 Å². The van der Waals surface area contributed by atoms with Crippen molar-refractivity contribution < 1.29 is 18.0 Å². The molecule has 0 bridgehead atoms. The first kappa shape index (κ1) is 24.0. The second-order valence-corrected chi connectivity index (χ2v) is 9.43. The molecule has 11 heteroatoms. The summed E-state index contributed by atoms with van der Waals surface area (Å²) in [5.74, 6) is -0.390. The second-order valence-electron chi connectivity index (χ2n) is 9.43. The van der Waals surface area contributed by atoms with Crippen LogP contribution < -0.4 is 5.69 Å². The summed E-state index contributed by atoms with van der Waals surface area (Å²) in [6, 6.07) is 12.7. The summed E-state index contributed by atoms with van der Waals surface area (Å²) in [5, 5.41) is 4.35. The molecule has 1 unspecified atom stereocenters. The van der Waals surface area contributed by atoms with E-state index >= 15 is 0 Å². The minimum atomic E-state index is -4.51. The lowest BCUT2D eigenvalue weighted by molar-refractivity contribution is -0.182. The largest absolute Gasteiger partial charge is 0.408 e. The molecule has 1 aliphatic heterocycles. The molecule has 0 saturated carbocycles. The van der Waals surface area contributed by atoms with Gasteiger partial charge in [0.2, 0.25) is 5.91 Å². The normalized spacial score (nSPS) is 16.1. The van der Waals surface area contributed by atoms with Crippen LogP contribution in [0, 0.1) is 6.92 Å². The monoisotopic (exact) mass is 520 g/mol. The van der Waals surface area contributed by atoms with Gasteiger partial charge < -0.3 is 4.90 Å². The number of para-hydroxylation sites is 1. The minimum Gasteiger partial charge on any atom is -0.329 e. The Hall–Kier alpha value is -4.41. The first-order valence-corrected chi connectivity index (χ1v) is 12.2. The highest BCUT2D eigenvalue weighted by atomic mass is 19.4. The lowest BCUT2D eigenvalue weighted by Crippen LogP contribution is -2.46. The summed E-state index contributed by atoms with van der Waals surface area (Å²) in [5.41, 5.74) is 3.84. The number of alkyl halides is 3. The number of carbonyl (C=O) groups is 1. The standard InChI is InChI=1S/C27H23F3N6O2/c1-17-6-4-8-21-25(17)36(26(38)34(21)16-24(37)33-12-5-9-22(33)27(28,29)30)23-11-10-18(14-31-23)19-15-32-35-13-3-2-7-20(19)35/h2-4,6-8,10-11,13-15,22H,5,9,12,16H2,1H3. The summed E-state index contributed by atoms with van der Waals surface area (Å²) in [7, 11) is 0. The number of hydrogen-bond acceptors (Lipinski definition) is 4. The van der Waals surface area contributed by atoms with Gasteiger partial charge in [-0.1, -0.05) is 18.2 Å². The quantitative estimate of drug-likeness (QED) is 0.353. The average molecular weight is 521 g/mol. The fraction of sp³-hybridized carbons (Fsp3) is 0.259. The maximum Gasteiger partial charge on any atom is 0.408 e. The minimum absolute atomic E-state index is 0.0159. The number of hydrogen-bond donors (Lipinski definition) is 0. The Morgan fingerprint density at radius 1 is 1.05 bits per heavy atom. The second kappa shape index (κ2) is 8.86. The number of imidazole rings is 1.